The van der Waals surface area contributed by atoms with Crippen molar-refractivity contribution in [2.45, 2.75) is 13.5 Å². The molecule has 0 aliphatic carbocycles. The van der Waals surface area contributed by atoms with Crippen LogP contribution in [-0.4, -0.2) is 15.7 Å². The number of benzene rings is 3. The first kappa shape index (κ1) is 19.2. The number of nitrogens with zero attached hydrogens (tertiary/aromatic N) is 3. The molecule has 0 fully saturated rings. The fraction of sp³-hybridized carbons (Fsp3) is 0.0800. The van der Waals surface area contributed by atoms with Gasteiger partial charge in [0.05, 0.1) is 24.4 Å². The summed E-state index contributed by atoms with van der Waals surface area (Å²) in [5.74, 6) is 0.368. The third-order valence-corrected chi connectivity index (χ3v) is 4.92. The molecule has 4 rings (SSSR count). The Morgan fingerprint density at radius 1 is 0.967 bits per heavy atom. The van der Waals surface area contributed by atoms with Crippen molar-refractivity contribution >= 4 is 11.7 Å². The molecule has 0 spiro atoms. The van der Waals surface area contributed by atoms with Crippen LogP contribution < -0.4 is 5.32 Å². The van der Waals surface area contributed by atoms with Gasteiger partial charge in [0, 0.05) is 17.2 Å². The number of carbonyl (C=O) groups is 1. The zero-order valence-corrected chi connectivity index (χ0v) is 16.5. The van der Waals surface area contributed by atoms with Gasteiger partial charge in [-0.05, 0) is 30.2 Å². The van der Waals surface area contributed by atoms with Crippen LogP contribution >= 0.6 is 0 Å². The summed E-state index contributed by atoms with van der Waals surface area (Å²) in [4.78, 5) is 13.1. The minimum absolute atomic E-state index is 0.246. The van der Waals surface area contributed by atoms with Gasteiger partial charge in [-0.2, -0.15) is 10.4 Å². The molecule has 0 atom stereocenters. The van der Waals surface area contributed by atoms with Crippen molar-refractivity contribution in [3.8, 4) is 17.2 Å². The summed E-state index contributed by atoms with van der Waals surface area (Å²) in [6.45, 7) is 2.60. The van der Waals surface area contributed by atoms with Crippen molar-refractivity contribution in [1.29, 1.82) is 5.26 Å². The van der Waals surface area contributed by atoms with Crippen molar-refractivity contribution in [1.82, 2.24) is 9.78 Å². The van der Waals surface area contributed by atoms with Crippen molar-refractivity contribution in [2.75, 3.05) is 5.32 Å². The Morgan fingerprint density at radius 3 is 2.43 bits per heavy atom. The maximum Gasteiger partial charge on any atom is 0.257 e. The normalized spacial score (nSPS) is 10.4. The Kier molecular flexibility index (Phi) is 5.40. The molecule has 5 nitrogen and oxygen atoms in total. The van der Waals surface area contributed by atoms with E-state index in [4.69, 9.17) is 0 Å². The topological polar surface area (TPSA) is 70.7 Å². The van der Waals surface area contributed by atoms with Gasteiger partial charge in [0.2, 0.25) is 0 Å². The Bertz CT molecular complexity index is 1230. The molecular formula is C25H20N4O. The second-order valence-corrected chi connectivity index (χ2v) is 7.02. The van der Waals surface area contributed by atoms with E-state index in [0.29, 0.717) is 23.5 Å². The van der Waals surface area contributed by atoms with Crippen LogP contribution in [0, 0.1) is 18.3 Å². The molecule has 0 aliphatic heterocycles. The van der Waals surface area contributed by atoms with E-state index in [9.17, 15) is 10.1 Å². The Balaban J connectivity index is 1.62. The first-order valence-electron chi connectivity index (χ1n) is 9.63. The summed E-state index contributed by atoms with van der Waals surface area (Å²) < 4.78 is 1.76. The highest BCUT2D eigenvalue weighted by Gasteiger charge is 2.16. The zero-order chi connectivity index (χ0) is 20.9. The first-order chi connectivity index (χ1) is 14.7. The van der Waals surface area contributed by atoms with E-state index in [1.807, 2.05) is 43.3 Å². The Labute approximate surface area is 175 Å². The number of nitriles is 1. The van der Waals surface area contributed by atoms with Gasteiger partial charge in [0.1, 0.15) is 5.82 Å². The van der Waals surface area contributed by atoms with Gasteiger partial charge >= 0.3 is 0 Å². The predicted molar refractivity (Wildman–Crippen MR) is 117 cm³/mol. The molecule has 0 radical (unpaired) electrons. The summed E-state index contributed by atoms with van der Waals surface area (Å²) in [5.41, 5.74) is 4.78. The molecule has 3 aromatic carbocycles. The Hall–Kier alpha value is -4.17. The third-order valence-electron chi connectivity index (χ3n) is 4.92. The van der Waals surface area contributed by atoms with E-state index in [1.54, 1.807) is 29.1 Å². The molecule has 0 saturated heterocycles. The summed E-state index contributed by atoms with van der Waals surface area (Å²) in [7, 11) is 0. The van der Waals surface area contributed by atoms with Crippen molar-refractivity contribution in [3.05, 3.63) is 107 Å². The van der Waals surface area contributed by atoms with Crippen molar-refractivity contribution in [3.63, 3.8) is 0 Å². The van der Waals surface area contributed by atoms with Gasteiger partial charge in [0.25, 0.3) is 5.91 Å². The van der Waals surface area contributed by atoms with Crippen LogP contribution in [0.1, 0.15) is 27.0 Å². The Morgan fingerprint density at radius 2 is 1.67 bits per heavy atom. The lowest BCUT2D eigenvalue weighted by atomic mass is 9.95. The number of rotatable bonds is 5. The van der Waals surface area contributed by atoms with Crippen LogP contribution in [0.2, 0.25) is 0 Å². The van der Waals surface area contributed by atoms with E-state index in [0.717, 1.165) is 16.7 Å². The third kappa shape index (κ3) is 3.98. The maximum absolute atomic E-state index is 13.1. The maximum atomic E-state index is 13.1. The van der Waals surface area contributed by atoms with E-state index in [2.05, 4.69) is 40.8 Å². The predicted octanol–water partition coefficient (Wildman–Crippen LogP) is 5.03. The SMILES string of the molecule is Cc1ccc(Cn2nccc2NC(=O)c2ccccc2-c2ccccc2C#N)cc1. The molecule has 0 bridgehead atoms. The molecule has 0 aliphatic rings. The van der Waals surface area contributed by atoms with Crippen LogP contribution in [0.25, 0.3) is 11.1 Å². The van der Waals surface area contributed by atoms with Crippen molar-refractivity contribution in [2.24, 2.45) is 0 Å². The van der Waals surface area contributed by atoms with Crippen LogP contribution in [0.5, 0.6) is 0 Å². The zero-order valence-electron chi connectivity index (χ0n) is 16.5. The molecule has 0 saturated carbocycles. The molecule has 5 heteroatoms. The average molecular weight is 392 g/mol. The number of hydrogen-bond donors (Lipinski definition) is 1. The average Bonchev–Trinajstić information content (AvgIpc) is 3.21. The van der Waals surface area contributed by atoms with Gasteiger partial charge in [-0.15, -0.1) is 0 Å². The summed E-state index contributed by atoms with van der Waals surface area (Å²) >= 11 is 0. The molecule has 1 amide bonds. The molecule has 4 aromatic rings. The van der Waals surface area contributed by atoms with Gasteiger partial charge in [-0.1, -0.05) is 66.2 Å². The van der Waals surface area contributed by atoms with E-state index in [1.165, 1.54) is 5.56 Å². The minimum atomic E-state index is -0.246. The molecule has 0 unspecified atom stereocenters. The largest absolute Gasteiger partial charge is 0.307 e. The molecule has 1 N–H and O–H groups in total. The fourth-order valence-corrected chi connectivity index (χ4v) is 3.35. The second-order valence-electron chi connectivity index (χ2n) is 7.02. The highest BCUT2D eigenvalue weighted by Crippen LogP contribution is 2.27. The molecule has 30 heavy (non-hydrogen) atoms. The number of amides is 1. The quantitative estimate of drug-likeness (QED) is 0.518. The highest BCUT2D eigenvalue weighted by atomic mass is 16.1. The first-order valence-corrected chi connectivity index (χ1v) is 9.63. The lowest BCUT2D eigenvalue weighted by Gasteiger charge is -2.13. The lowest BCUT2D eigenvalue weighted by Crippen LogP contribution is -2.17. The monoisotopic (exact) mass is 392 g/mol. The summed E-state index contributed by atoms with van der Waals surface area (Å²) in [6.07, 6.45) is 1.67. The van der Waals surface area contributed by atoms with Gasteiger partial charge < -0.3 is 5.32 Å². The van der Waals surface area contributed by atoms with Crippen LogP contribution in [0.15, 0.2) is 85.1 Å². The van der Waals surface area contributed by atoms with Crippen LogP contribution in [0.3, 0.4) is 0 Å². The summed E-state index contributed by atoms with van der Waals surface area (Å²) in [5, 5.41) is 16.8. The molecule has 146 valence electrons. The molecule has 1 aromatic heterocycles. The minimum Gasteiger partial charge on any atom is -0.307 e. The molecular weight excluding hydrogens is 372 g/mol. The highest BCUT2D eigenvalue weighted by molar-refractivity contribution is 6.08. The molecule has 1 heterocycles. The van der Waals surface area contributed by atoms with Crippen LogP contribution in [0.4, 0.5) is 5.82 Å². The van der Waals surface area contributed by atoms with Crippen molar-refractivity contribution < 1.29 is 4.79 Å². The van der Waals surface area contributed by atoms with E-state index in [-0.39, 0.29) is 5.91 Å². The number of aromatic nitrogens is 2. The smallest absolute Gasteiger partial charge is 0.257 e. The van der Waals surface area contributed by atoms with E-state index < -0.39 is 0 Å². The number of carbonyl (C=O) groups excluding carboxylic acids is 1. The standard InChI is InChI=1S/C25H20N4O/c1-18-10-12-19(13-11-18)17-29-24(14-15-27-29)28-25(30)23-9-5-4-8-22(23)21-7-3-2-6-20(21)16-26/h2-15H,17H2,1H3,(H,28,30). The number of anilines is 1. The fourth-order valence-electron chi connectivity index (χ4n) is 3.35. The number of hydrogen-bond acceptors (Lipinski definition) is 3. The second kappa shape index (κ2) is 8.46. The van der Waals surface area contributed by atoms with Gasteiger partial charge in [0.15, 0.2) is 0 Å². The summed E-state index contributed by atoms with van der Waals surface area (Å²) in [6, 6.07) is 26.8. The van der Waals surface area contributed by atoms with E-state index >= 15 is 0 Å². The van der Waals surface area contributed by atoms with Gasteiger partial charge in [-0.3, -0.25) is 4.79 Å². The number of aryl methyl sites for hydroxylation is 1. The van der Waals surface area contributed by atoms with Crippen LogP contribution in [-0.2, 0) is 6.54 Å². The van der Waals surface area contributed by atoms with Gasteiger partial charge in [-0.25, -0.2) is 4.68 Å². The lowest BCUT2D eigenvalue weighted by molar-refractivity contribution is 0.102. The number of nitrogens with one attached hydrogen (secondary N) is 1.